The topological polar surface area (TPSA) is 70.2 Å². The molecule has 2 aliphatic rings. The van der Waals surface area contributed by atoms with Crippen LogP contribution in [-0.2, 0) is 22.5 Å². The summed E-state index contributed by atoms with van der Waals surface area (Å²) < 4.78 is 45.8. The minimum atomic E-state index is -4.80. The first-order valence-corrected chi connectivity index (χ1v) is 11.9. The van der Waals surface area contributed by atoms with Crippen LogP contribution in [0.4, 0.5) is 13.2 Å². The van der Waals surface area contributed by atoms with Crippen molar-refractivity contribution in [2.24, 2.45) is 0 Å². The van der Waals surface area contributed by atoms with Crippen LogP contribution in [0.1, 0.15) is 48.1 Å². The monoisotopic (exact) mass is 486 g/mol. The van der Waals surface area contributed by atoms with E-state index in [1.807, 2.05) is 19.3 Å². The molecule has 9 heteroatoms. The highest BCUT2D eigenvalue weighted by molar-refractivity contribution is 5.87. The third-order valence-corrected chi connectivity index (χ3v) is 7.53. The largest absolute Gasteiger partial charge is 0.426 e. The van der Waals surface area contributed by atoms with Crippen molar-refractivity contribution in [2.75, 3.05) is 20.2 Å². The Labute approximate surface area is 201 Å². The van der Waals surface area contributed by atoms with Gasteiger partial charge in [-0.05, 0) is 79.6 Å². The van der Waals surface area contributed by atoms with E-state index in [0.717, 1.165) is 77.8 Å². The van der Waals surface area contributed by atoms with Crippen LogP contribution >= 0.6 is 0 Å². The number of ether oxygens (including phenoxy) is 1. The molecule has 186 valence electrons. The Morgan fingerprint density at radius 1 is 1.23 bits per heavy atom. The zero-order valence-corrected chi connectivity index (χ0v) is 20.1. The molecule has 5 rings (SSSR count). The highest BCUT2D eigenvalue weighted by atomic mass is 19.4. The van der Waals surface area contributed by atoms with Crippen LogP contribution in [0, 0.1) is 6.92 Å². The standard InChI is InChI=1S/C26H29F3N4O2/c1-15-12-31-23-19(15)11-18(13-32-23)17-9-16-6-8-33(24(34)25(2,35-3)26(27,28)29)14-21(16)20(10-17)22-5-4-7-30-22/h9-13,22,30H,4-8,14H2,1-3H3,(H,31,32). The van der Waals surface area contributed by atoms with Crippen molar-refractivity contribution in [1.82, 2.24) is 20.2 Å². The highest BCUT2D eigenvalue weighted by Gasteiger charge is 2.59. The molecule has 2 unspecified atom stereocenters. The first-order valence-electron chi connectivity index (χ1n) is 11.9. The summed E-state index contributed by atoms with van der Waals surface area (Å²) in [7, 11) is 0.931. The molecule has 2 N–H and O–H groups in total. The van der Waals surface area contributed by atoms with Crippen LogP contribution < -0.4 is 5.32 Å². The highest BCUT2D eigenvalue weighted by Crippen LogP contribution is 2.39. The number of pyridine rings is 1. The fourth-order valence-corrected chi connectivity index (χ4v) is 5.22. The number of hydrogen-bond acceptors (Lipinski definition) is 4. The number of fused-ring (bicyclic) bond motifs is 2. The van der Waals surface area contributed by atoms with E-state index in [4.69, 9.17) is 4.74 Å². The van der Waals surface area contributed by atoms with Crippen LogP contribution in [0.15, 0.2) is 30.6 Å². The maximum absolute atomic E-state index is 13.7. The van der Waals surface area contributed by atoms with Gasteiger partial charge in [-0.25, -0.2) is 4.98 Å². The maximum atomic E-state index is 13.7. The van der Waals surface area contributed by atoms with E-state index in [-0.39, 0.29) is 19.1 Å². The van der Waals surface area contributed by atoms with Gasteiger partial charge in [0.1, 0.15) is 5.65 Å². The Bertz CT molecular complexity index is 1280. The summed E-state index contributed by atoms with van der Waals surface area (Å²) in [6, 6.07) is 6.42. The molecule has 1 fully saturated rings. The first kappa shape index (κ1) is 23.8. The molecule has 2 aromatic heterocycles. The lowest BCUT2D eigenvalue weighted by Crippen LogP contribution is -2.58. The van der Waals surface area contributed by atoms with Crippen LogP contribution in [0.3, 0.4) is 0 Å². The van der Waals surface area contributed by atoms with Gasteiger partial charge in [-0.3, -0.25) is 4.79 Å². The van der Waals surface area contributed by atoms with Crippen molar-refractivity contribution in [3.05, 3.63) is 52.8 Å². The van der Waals surface area contributed by atoms with E-state index >= 15 is 0 Å². The Hall–Kier alpha value is -2.91. The fraction of sp³-hybridized carbons (Fsp3) is 0.462. The van der Waals surface area contributed by atoms with Gasteiger partial charge >= 0.3 is 6.18 Å². The Balaban J connectivity index is 1.55. The second-order valence-electron chi connectivity index (χ2n) is 9.66. The number of nitrogens with one attached hydrogen (secondary N) is 2. The minimum absolute atomic E-state index is 0.0980. The fourth-order valence-electron chi connectivity index (χ4n) is 5.22. The maximum Gasteiger partial charge on any atom is 0.426 e. The predicted octanol–water partition coefficient (Wildman–Crippen LogP) is 4.81. The third kappa shape index (κ3) is 4.00. The molecule has 3 aromatic rings. The quantitative estimate of drug-likeness (QED) is 0.555. The summed E-state index contributed by atoms with van der Waals surface area (Å²) in [6.45, 7) is 4.06. The molecule has 0 aliphatic carbocycles. The molecule has 0 saturated carbocycles. The third-order valence-electron chi connectivity index (χ3n) is 7.53. The molecule has 1 saturated heterocycles. The van der Waals surface area contributed by atoms with Crippen molar-refractivity contribution < 1.29 is 22.7 Å². The Morgan fingerprint density at radius 2 is 2.03 bits per heavy atom. The van der Waals surface area contributed by atoms with E-state index in [9.17, 15) is 18.0 Å². The smallest absolute Gasteiger partial charge is 0.361 e. The van der Waals surface area contributed by atoms with Gasteiger partial charge in [0, 0.05) is 49.6 Å². The summed E-state index contributed by atoms with van der Waals surface area (Å²) >= 11 is 0. The van der Waals surface area contributed by atoms with E-state index in [1.54, 1.807) is 0 Å². The number of hydrogen-bond donors (Lipinski definition) is 2. The number of carbonyl (C=O) groups is 1. The zero-order chi connectivity index (χ0) is 25.0. The van der Waals surface area contributed by atoms with E-state index in [1.165, 1.54) is 4.90 Å². The lowest BCUT2D eigenvalue weighted by molar-refractivity contribution is -0.258. The van der Waals surface area contributed by atoms with Crippen molar-refractivity contribution in [3.63, 3.8) is 0 Å². The van der Waals surface area contributed by atoms with Gasteiger partial charge < -0.3 is 19.9 Å². The SMILES string of the molecule is COC(C)(C(=O)N1CCc2cc(-c3cnc4[nH]cc(C)c4c3)cc(C3CCCN3)c2C1)C(F)(F)F. The van der Waals surface area contributed by atoms with Gasteiger partial charge in [-0.2, -0.15) is 13.2 Å². The number of halogens is 3. The molecule has 4 heterocycles. The lowest BCUT2D eigenvalue weighted by Gasteiger charge is -2.38. The minimum Gasteiger partial charge on any atom is -0.361 e. The molecular formula is C26H29F3N4O2. The van der Waals surface area contributed by atoms with Gasteiger partial charge in [0.15, 0.2) is 0 Å². The summed E-state index contributed by atoms with van der Waals surface area (Å²) in [5.41, 5.74) is 4.14. The molecule has 1 amide bonds. The number of alkyl halides is 3. The van der Waals surface area contributed by atoms with E-state index in [2.05, 4.69) is 33.5 Å². The van der Waals surface area contributed by atoms with Gasteiger partial charge in [0.05, 0.1) is 0 Å². The summed E-state index contributed by atoms with van der Waals surface area (Å²) in [5.74, 6) is -1.05. The average Bonchev–Trinajstić information content (AvgIpc) is 3.51. The number of methoxy groups -OCH3 is 1. The molecule has 2 atom stereocenters. The lowest BCUT2D eigenvalue weighted by atomic mass is 9.86. The van der Waals surface area contributed by atoms with Crippen molar-refractivity contribution >= 4 is 16.9 Å². The number of nitrogens with zero attached hydrogens (tertiary/aromatic N) is 2. The number of aryl methyl sites for hydroxylation is 1. The number of benzene rings is 1. The molecular weight excluding hydrogens is 457 g/mol. The van der Waals surface area contributed by atoms with Crippen LogP contribution in [0.5, 0.6) is 0 Å². The van der Waals surface area contributed by atoms with Gasteiger partial charge in [-0.15, -0.1) is 0 Å². The average molecular weight is 487 g/mol. The Kier molecular flexibility index (Phi) is 5.88. The second kappa shape index (κ2) is 8.64. The van der Waals surface area contributed by atoms with Crippen LogP contribution in [0.2, 0.25) is 0 Å². The Morgan fingerprint density at radius 3 is 2.71 bits per heavy atom. The molecule has 6 nitrogen and oxygen atoms in total. The summed E-state index contributed by atoms with van der Waals surface area (Å²) in [4.78, 5) is 22.0. The second-order valence-corrected chi connectivity index (χ2v) is 9.66. The predicted molar refractivity (Wildman–Crippen MR) is 127 cm³/mol. The van der Waals surface area contributed by atoms with Gasteiger partial charge in [-0.1, -0.05) is 6.07 Å². The number of aromatic amines is 1. The summed E-state index contributed by atoms with van der Waals surface area (Å²) in [6.07, 6.45) is 1.42. The molecule has 0 radical (unpaired) electrons. The van der Waals surface area contributed by atoms with E-state index in [0.29, 0.717) is 6.42 Å². The molecule has 1 aromatic carbocycles. The molecule has 0 bridgehead atoms. The number of amides is 1. The first-order chi connectivity index (χ1) is 16.6. The van der Waals surface area contributed by atoms with Crippen molar-refractivity contribution in [2.45, 2.75) is 57.5 Å². The van der Waals surface area contributed by atoms with Crippen LogP contribution in [-0.4, -0.2) is 52.8 Å². The van der Waals surface area contributed by atoms with Crippen molar-refractivity contribution in [1.29, 1.82) is 0 Å². The molecule has 0 spiro atoms. The van der Waals surface area contributed by atoms with Gasteiger partial charge in [0.2, 0.25) is 5.60 Å². The summed E-state index contributed by atoms with van der Waals surface area (Å²) in [5, 5.41) is 4.58. The zero-order valence-electron chi connectivity index (χ0n) is 20.1. The molecule has 2 aliphatic heterocycles. The van der Waals surface area contributed by atoms with Crippen molar-refractivity contribution in [3.8, 4) is 11.1 Å². The number of aromatic nitrogens is 2. The van der Waals surface area contributed by atoms with Gasteiger partial charge in [0.25, 0.3) is 5.91 Å². The van der Waals surface area contributed by atoms with E-state index < -0.39 is 17.7 Å². The normalized spacial score (nSPS) is 20.2. The number of carbonyl (C=O) groups excluding carboxylic acids is 1. The van der Waals surface area contributed by atoms with Crippen LogP contribution in [0.25, 0.3) is 22.2 Å². The number of rotatable bonds is 4. The molecule has 35 heavy (non-hydrogen) atoms. The number of H-pyrrole nitrogens is 1.